The second-order valence-corrected chi connectivity index (χ2v) is 9.40. The summed E-state index contributed by atoms with van der Waals surface area (Å²) in [6.45, 7) is 3.58. The first kappa shape index (κ1) is 25.5. The number of phenolic OH excluding ortho intramolecular Hbond substituents is 1. The molecule has 1 aliphatic heterocycles. The molecule has 1 aliphatic rings. The van der Waals surface area contributed by atoms with Crippen LogP contribution in [0.2, 0.25) is 0 Å². The number of hydrogen-bond acceptors (Lipinski definition) is 8. The molecule has 5 rings (SSSR count). The average Bonchev–Trinajstić information content (AvgIpc) is 2.96. The van der Waals surface area contributed by atoms with E-state index in [4.69, 9.17) is 13.9 Å². The molecule has 196 valence electrons. The predicted molar refractivity (Wildman–Crippen MR) is 142 cm³/mol. The zero-order chi connectivity index (χ0) is 26.5. The summed E-state index contributed by atoms with van der Waals surface area (Å²) in [6, 6.07) is 13.6. The van der Waals surface area contributed by atoms with Crippen molar-refractivity contribution in [3.63, 3.8) is 0 Å². The van der Waals surface area contributed by atoms with Crippen molar-refractivity contribution in [2.24, 2.45) is 0 Å². The monoisotopic (exact) mass is 514 g/mol. The van der Waals surface area contributed by atoms with Gasteiger partial charge in [0.25, 0.3) is 0 Å². The highest BCUT2D eigenvalue weighted by molar-refractivity contribution is 5.89. The van der Waals surface area contributed by atoms with Crippen LogP contribution < -0.4 is 10.2 Å². The maximum atomic E-state index is 13.3. The normalized spacial score (nSPS) is 15.9. The van der Waals surface area contributed by atoms with Gasteiger partial charge in [-0.15, -0.1) is 0 Å². The number of hydrogen-bond donors (Lipinski definition) is 1. The number of carbonyl (C=O) groups is 1. The minimum Gasteiger partial charge on any atom is -0.507 e. The molecule has 1 N–H and O–H groups in total. The molecule has 38 heavy (non-hydrogen) atoms. The number of fused-ring (bicyclic) bond motifs is 1. The lowest BCUT2D eigenvalue weighted by Crippen LogP contribution is -2.33. The second kappa shape index (κ2) is 11.5. The van der Waals surface area contributed by atoms with Crippen LogP contribution in [-0.4, -0.2) is 34.1 Å². The third-order valence-electron chi connectivity index (χ3n) is 6.79. The fraction of sp³-hybridized carbons (Fsp3) is 0.300. The molecule has 0 radical (unpaired) electrons. The Hall–Kier alpha value is -4.17. The standard InChI is InChI=1S/C30H30N2O6/c1-2-16-36-30(35)20-8-10-22(11-9-20)38-27-19-37-29-23(28(27)34)12-13-26(33)24(29)18-32-15-4-3-7-25(32)21-6-5-14-31-17-21/h5-6,8-14,17,19,25,33H,2-4,7,15-16,18H2,1H3/t25-/m0/s1. The van der Waals surface area contributed by atoms with E-state index in [1.54, 1.807) is 36.5 Å². The maximum Gasteiger partial charge on any atom is 0.338 e. The van der Waals surface area contributed by atoms with E-state index in [1.165, 1.54) is 12.3 Å². The van der Waals surface area contributed by atoms with Crippen LogP contribution in [0.15, 0.2) is 76.4 Å². The highest BCUT2D eigenvalue weighted by atomic mass is 16.5. The molecule has 1 atom stereocenters. The van der Waals surface area contributed by atoms with E-state index < -0.39 is 5.97 Å². The molecule has 2 aromatic carbocycles. The van der Waals surface area contributed by atoms with Gasteiger partial charge in [0.05, 0.1) is 23.1 Å². The van der Waals surface area contributed by atoms with Gasteiger partial charge in [0.2, 0.25) is 11.2 Å². The largest absolute Gasteiger partial charge is 0.507 e. The van der Waals surface area contributed by atoms with Crippen LogP contribution in [0.3, 0.4) is 0 Å². The van der Waals surface area contributed by atoms with Crippen LogP contribution in [0.1, 0.15) is 60.1 Å². The van der Waals surface area contributed by atoms with Gasteiger partial charge in [-0.3, -0.25) is 14.7 Å². The molecule has 8 nitrogen and oxygen atoms in total. The Morgan fingerprint density at radius 3 is 2.76 bits per heavy atom. The van der Waals surface area contributed by atoms with Gasteiger partial charge in [0.1, 0.15) is 23.3 Å². The number of benzene rings is 2. The number of phenols is 1. The van der Waals surface area contributed by atoms with Crippen molar-refractivity contribution in [3.05, 3.63) is 94.1 Å². The van der Waals surface area contributed by atoms with E-state index in [-0.39, 0.29) is 23.0 Å². The fourth-order valence-corrected chi connectivity index (χ4v) is 4.85. The Kier molecular flexibility index (Phi) is 7.70. The summed E-state index contributed by atoms with van der Waals surface area (Å²) in [5.41, 5.74) is 2.10. The lowest BCUT2D eigenvalue weighted by atomic mass is 9.95. The van der Waals surface area contributed by atoms with Crippen LogP contribution in [0.5, 0.6) is 17.2 Å². The molecule has 3 heterocycles. The molecule has 2 aromatic heterocycles. The SMILES string of the molecule is CCCOC(=O)c1ccc(Oc2coc3c(CN4CCCC[C@H]4c4cccnc4)c(O)ccc3c2=O)cc1. The minimum absolute atomic E-state index is 0.0154. The summed E-state index contributed by atoms with van der Waals surface area (Å²) in [5, 5.41) is 11.1. The van der Waals surface area contributed by atoms with Gasteiger partial charge in [0.15, 0.2) is 0 Å². The lowest BCUT2D eigenvalue weighted by molar-refractivity contribution is 0.0505. The van der Waals surface area contributed by atoms with E-state index in [0.29, 0.717) is 41.0 Å². The Bertz CT molecular complexity index is 1470. The molecule has 0 unspecified atom stereocenters. The number of aromatic hydroxyl groups is 1. The molecule has 8 heteroatoms. The van der Waals surface area contributed by atoms with Gasteiger partial charge >= 0.3 is 5.97 Å². The lowest BCUT2D eigenvalue weighted by Gasteiger charge is -2.36. The van der Waals surface area contributed by atoms with Crippen molar-refractivity contribution < 1.29 is 23.8 Å². The summed E-state index contributed by atoms with van der Waals surface area (Å²) in [6.07, 6.45) is 8.83. The van der Waals surface area contributed by atoms with Gasteiger partial charge < -0.3 is 19.0 Å². The quantitative estimate of drug-likeness (QED) is 0.287. The van der Waals surface area contributed by atoms with E-state index in [9.17, 15) is 14.7 Å². The first-order chi connectivity index (χ1) is 18.5. The first-order valence-corrected chi connectivity index (χ1v) is 12.9. The predicted octanol–water partition coefficient (Wildman–Crippen LogP) is 5.98. The van der Waals surface area contributed by atoms with Crippen molar-refractivity contribution in [2.75, 3.05) is 13.2 Å². The summed E-state index contributed by atoms with van der Waals surface area (Å²) in [7, 11) is 0. The van der Waals surface area contributed by atoms with E-state index in [2.05, 4.69) is 16.0 Å². The Morgan fingerprint density at radius 1 is 1.16 bits per heavy atom. The molecule has 0 spiro atoms. The van der Waals surface area contributed by atoms with Crippen molar-refractivity contribution in [3.8, 4) is 17.2 Å². The highest BCUT2D eigenvalue weighted by Crippen LogP contribution is 2.35. The first-order valence-electron chi connectivity index (χ1n) is 12.9. The number of rotatable bonds is 8. The number of pyridine rings is 1. The Labute approximate surface area is 220 Å². The third kappa shape index (κ3) is 5.40. The van der Waals surface area contributed by atoms with Gasteiger partial charge in [0, 0.05) is 25.0 Å². The van der Waals surface area contributed by atoms with Gasteiger partial charge in [-0.05, 0) is 73.8 Å². The molecule has 0 bridgehead atoms. The minimum atomic E-state index is -0.407. The molecule has 0 amide bonds. The van der Waals surface area contributed by atoms with Crippen LogP contribution in [0, 0.1) is 0 Å². The summed E-state index contributed by atoms with van der Waals surface area (Å²) in [5.74, 6) is 0.0720. The number of carbonyl (C=O) groups excluding carboxylic acids is 1. The molecular weight excluding hydrogens is 484 g/mol. The zero-order valence-corrected chi connectivity index (χ0v) is 21.3. The van der Waals surface area contributed by atoms with Gasteiger partial charge in [-0.2, -0.15) is 0 Å². The maximum absolute atomic E-state index is 13.3. The highest BCUT2D eigenvalue weighted by Gasteiger charge is 2.26. The summed E-state index contributed by atoms with van der Waals surface area (Å²) in [4.78, 5) is 31.9. The van der Waals surface area contributed by atoms with E-state index in [1.807, 2.05) is 19.2 Å². The van der Waals surface area contributed by atoms with E-state index in [0.717, 1.165) is 37.8 Å². The van der Waals surface area contributed by atoms with Crippen molar-refractivity contribution in [1.29, 1.82) is 0 Å². The topological polar surface area (TPSA) is 102 Å². The van der Waals surface area contributed by atoms with Crippen LogP contribution in [0.25, 0.3) is 11.0 Å². The number of ether oxygens (including phenoxy) is 2. The fourth-order valence-electron chi connectivity index (χ4n) is 4.85. The van der Waals surface area contributed by atoms with Crippen molar-refractivity contribution in [1.82, 2.24) is 9.88 Å². The smallest absolute Gasteiger partial charge is 0.338 e. The molecule has 4 aromatic rings. The molecular formula is C30H30N2O6. The summed E-state index contributed by atoms with van der Waals surface area (Å²) < 4.78 is 16.8. The molecule has 1 fully saturated rings. The Balaban J connectivity index is 1.40. The third-order valence-corrected chi connectivity index (χ3v) is 6.79. The van der Waals surface area contributed by atoms with Gasteiger partial charge in [-0.25, -0.2) is 4.79 Å². The van der Waals surface area contributed by atoms with Gasteiger partial charge in [-0.1, -0.05) is 19.4 Å². The Morgan fingerprint density at radius 2 is 2.00 bits per heavy atom. The zero-order valence-electron chi connectivity index (χ0n) is 21.3. The number of piperidine rings is 1. The number of nitrogens with zero attached hydrogens (tertiary/aromatic N) is 2. The van der Waals surface area contributed by atoms with Crippen LogP contribution >= 0.6 is 0 Å². The van der Waals surface area contributed by atoms with Crippen molar-refractivity contribution >= 4 is 16.9 Å². The molecule has 0 saturated carbocycles. The molecule has 0 aliphatic carbocycles. The molecule has 1 saturated heterocycles. The second-order valence-electron chi connectivity index (χ2n) is 9.40. The van der Waals surface area contributed by atoms with Crippen LogP contribution in [0.4, 0.5) is 0 Å². The number of likely N-dealkylation sites (tertiary alicyclic amines) is 1. The summed E-state index contributed by atoms with van der Waals surface area (Å²) >= 11 is 0. The van der Waals surface area contributed by atoms with Crippen molar-refractivity contribution in [2.45, 2.75) is 45.2 Å². The van der Waals surface area contributed by atoms with E-state index >= 15 is 0 Å². The number of aromatic nitrogens is 1. The number of esters is 1. The average molecular weight is 515 g/mol. The van der Waals surface area contributed by atoms with Crippen LogP contribution in [-0.2, 0) is 11.3 Å².